The second-order valence-corrected chi connectivity index (χ2v) is 11.1. The molecule has 0 aliphatic carbocycles. The molecule has 1 amide bonds. The summed E-state index contributed by atoms with van der Waals surface area (Å²) in [5, 5.41) is 0.530. The summed E-state index contributed by atoms with van der Waals surface area (Å²) in [6.45, 7) is 5.25. The van der Waals surface area contributed by atoms with Crippen LogP contribution in [0.15, 0.2) is 68.0 Å². The number of hydrogen-bond acceptors (Lipinski definition) is 6. The van der Waals surface area contributed by atoms with Crippen molar-refractivity contribution in [3.05, 3.63) is 94.0 Å². The van der Waals surface area contributed by atoms with Gasteiger partial charge in [-0.05, 0) is 56.7 Å². The Kier molecular flexibility index (Phi) is 6.26. The molecule has 1 atom stereocenters. The number of carbonyl (C=O) groups excluding carboxylic acids is 2. The molecule has 3 heterocycles. The third-order valence-corrected chi connectivity index (χ3v) is 7.88. The number of ether oxygens (including phenoxy) is 1. The van der Waals surface area contributed by atoms with Crippen LogP contribution >= 0.6 is 38.9 Å². The number of carbonyl (C=O) groups is 2. The lowest BCUT2D eigenvalue weighted by atomic mass is 9.96. The van der Waals surface area contributed by atoms with Crippen LogP contribution in [-0.2, 0) is 14.3 Å². The molecule has 36 heavy (non-hydrogen) atoms. The summed E-state index contributed by atoms with van der Waals surface area (Å²) >= 11 is 10.7. The van der Waals surface area contributed by atoms with Gasteiger partial charge in [0.2, 0.25) is 0 Å². The van der Waals surface area contributed by atoms with Crippen molar-refractivity contribution in [1.29, 1.82) is 0 Å². The van der Waals surface area contributed by atoms with E-state index in [0.29, 0.717) is 32.2 Å². The van der Waals surface area contributed by atoms with E-state index in [0.717, 1.165) is 21.5 Å². The van der Waals surface area contributed by atoms with Crippen molar-refractivity contribution in [1.82, 2.24) is 4.57 Å². The van der Waals surface area contributed by atoms with E-state index < -0.39 is 17.6 Å². The van der Waals surface area contributed by atoms with Gasteiger partial charge in [0, 0.05) is 22.1 Å². The van der Waals surface area contributed by atoms with Crippen molar-refractivity contribution >= 4 is 62.0 Å². The normalized spacial score (nSPS) is 18.4. The number of aromatic nitrogens is 1. The van der Waals surface area contributed by atoms with Gasteiger partial charge in [0.05, 0.1) is 34.7 Å². The van der Waals surface area contributed by atoms with E-state index in [1.165, 1.54) is 9.47 Å². The van der Waals surface area contributed by atoms with Crippen LogP contribution in [0.3, 0.4) is 0 Å². The van der Waals surface area contributed by atoms with E-state index in [4.69, 9.17) is 16.3 Å². The number of nitrogens with zero attached hydrogens (tertiary/aromatic N) is 3. The number of benzene rings is 2. The first kappa shape index (κ1) is 24.7. The van der Waals surface area contributed by atoms with Gasteiger partial charge in [0.15, 0.2) is 4.80 Å². The lowest BCUT2D eigenvalue weighted by Gasteiger charge is -2.25. The van der Waals surface area contributed by atoms with Gasteiger partial charge in [-0.15, -0.1) is 0 Å². The zero-order valence-electron chi connectivity index (χ0n) is 19.8. The van der Waals surface area contributed by atoms with Gasteiger partial charge < -0.3 is 9.64 Å². The molecule has 0 N–H and O–H groups in total. The van der Waals surface area contributed by atoms with Gasteiger partial charge in [-0.1, -0.05) is 51.0 Å². The first-order valence-corrected chi connectivity index (χ1v) is 13.2. The first-order chi connectivity index (χ1) is 17.1. The number of halogens is 2. The highest BCUT2D eigenvalue weighted by Gasteiger charge is 2.36. The van der Waals surface area contributed by atoms with Gasteiger partial charge in [0.25, 0.3) is 11.5 Å². The quantitative estimate of drug-likeness (QED) is 0.436. The maximum atomic E-state index is 14.0. The Labute approximate surface area is 224 Å². The second kappa shape index (κ2) is 9.14. The minimum Gasteiger partial charge on any atom is -0.459 e. The lowest BCUT2D eigenvalue weighted by molar-refractivity contribution is -0.143. The van der Waals surface area contributed by atoms with Crippen LogP contribution in [0.5, 0.6) is 0 Å². The highest BCUT2D eigenvalue weighted by atomic mass is 79.9. The first-order valence-electron chi connectivity index (χ1n) is 11.2. The number of thiazole rings is 1. The molecule has 0 fully saturated rings. The number of allylic oxidation sites excluding steroid dienone is 1. The van der Waals surface area contributed by atoms with Crippen molar-refractivity contribution in [3.8, 4) is 0 Å². The smallest absolute Gasteiger partial charge is 0.338 e. The van der Waals surface area contributed by atoms with Crippen LogP contribution in [0.1, 0.15) is 37.9 Å². The Bertz CT molecular complexity index is 1650. The summed E-state index contributed by atoms with van der Waals surface area (Å²) in [7, 11) is 1.68. The van der Waals surface area contributed by atoms with Gasteiger partial charge >= 0.3 is 5.97 Å². The second-order valence-electron chi connectivity index (χ2n) is 8.81. The predicted molar refractivity (Wildman–Crippen MR) is 143 cm³/mol. The predicted octanol–water partition coefficient (Wildman–Crippen LogP) is 3.95. The Morgan fingerprint density at radius 3 is 2.53 bits per heavy atom. The van der Waals surface area contributed by atoms with Crippen LogP contribution in [0.2, 0.25) is 5.02 Å². The van der Waals surface area contributed by atoms with E-state index in [9.17, 15) is 14.4 Å². The summed E-state index contributed by atoms with van der Waals surface area (Å²) in [5.74, 6) is -0.818. The molecule has 2 aliphatic rings. The average Bonchev–Trinajstić information content (AvgIpc) is 3.25. The third kappa shape index (κ3) is 3.95. The number of amides is 1. The minimum absolute atomic E-state index is 0.271. The van der Waals surface area contributed by atoms with E-state index in [-0.39, 0.29) is 22.1 Å². The lowest BCUT2D eigenvalue weighted by Crippen LogP contribution is -2.41. The van der Waals surface area contributed by atoms with Crippen molar-refractivity contribution in [2.24, 2.45) is 4.99 Å². The highest BCUT2D eigenvalue weighted by molar-refractivity contribution is 9.10. The fraction of sp³-hybridized carbons (Fsp3) is 0.231. The van der Waals surface area contributed by atoms with Gasteiger partial charge in [-0.3, -0.25) is 14.2 Å². The molecule has 2 aromatic carbocycles. The highest BCUT2D eigenvalue weighted by Crippen LogP contribution is 2.36. The Balaban J connectivity index is 1.82. The average molecular weight is 587 g/mol. The maximum Gasteiger partial charge on any atom is 0.338 e. The number of esters is 1. The zero-order chi connectivity index (χ0) is 25.9. The van der Waals surface area contributed by atoms with Crippen LogP contribution in [-0.4, -0.2) is 29.6 Å². The van der Waals surface area contributed by atoms with Gasteiger partial charge in [-0.2, -0.15) is 0 Å². The molecular formula is C26H21BrClN3O4S. The van der Waals surface area contributed by atoms with E-state index in [2.05, 4.69) is 20.9 Å². The number of rotatable bonds is 3. The Hall–Kier alpha value is -3.01. The molecule has 5 rings (SSSR count). The van der Waals surface area contributed by atoms with Crippen LogP contribution < -0.4 is 19.8 Å². The molecule has 0 radical (unpaired) electrons. The van der Waals surface area contributed by atoms with Crippen molar-refractivity contribution in [3.63, 3.8) is 0 Å². The largest absolute Gasteiger partial charge is 0.459 e. The Morgan fingerprint density at radius 1 is 1.17 bits per heavy atom. The van der Waals surface area contributed by atoms with Gasteiger partial charge in [-0.25, -0.2) is 9.79 Å². The van der Waals surface area contributed by atoms with E-state index in [1.807, 2.05) is 18.2 Å². The van der Waals surface area contributed by atoms with E-state index >= 15 is 0 Å². The molecule has 0 spiro atoms. The maximum absolute atomic E-state index is 14.0. The minimum atomic E-state index is -0.782. The summed E-state index contributed by atoms with van der Waals surface area (Å²) < 4.78 is 8.06. The molecule has 0 bridgehead atoms. The number of hydrogen-bond donors (Lipinski definition) is 0. The van der Waals surface area contributed by atoms with Crippen LogP contribution in [0.4, 0.5) is 5.69 Å². The number of likely N-dealkylation sites (N-methyl/N-ethyl adjacent to an activating group) is 1. The molecule has 2 aliphatic heterocycles. The summed E-state index contributed by atoms with van der Waals surface area (Å²) in [5.41, 5.74) is 2.71. The SMILES string of the molecule is CC1=C(C(=O)OC(C)C)[C@@H](c2ccc(Cl)cc2)n2c(s/c(=C3\C(=O)N(C)c4ccc(Br)cc43)c2=O)=N1. The number of fused-ring (bicyclic) bond motifs is 2. The summed E-state index contributed by atoms with van der Waals surface area (Å²) in [6, 6.07) is 11.7. The van der Waals surface area contributed by atoms with Crippen molar-refractivity contribution in [2.75, 3.05) is 11.9 Å². The zero-order valence-corrected chi connectivity index (χ0v) is 23.0. The topological polar surface area (TPSA) is 81.0 Å². The molecule has 10 heteroatoms. The molecule has 0 saturated carbocycles. The van der Waals surface area contributed by atoms with E-state index in [1.54, 1.807) is 52.1 Å². The summed E-state index contributed by atoms with van der Waals surface area (Å²) in [4.78, 5) is 47.0. The fourth-order valence-electron chi connectivity index (χ4n) is 4.48. The van der Waals surface area contributed by atoms with Gasteiger partial charge in [0.1, 0.15) is 4.53 Å². The number of anilines is 1. The molecule has 0 unspecified atom stereocenters. The molecule has 1 aromatic heterocycles. The van der Waals surface area contributed by atoms with Crippen molar-refractivity contribution < 1.29 is 14.3 Å². The standard InChI is InChI=1S/C26H21BrClN3O4S/c1-12(2)35-25(34)19-13(3)29-26-31(21(19)14-5-8-16(28)9-6-14)24(33)22(36-26)20-17-11-15(27)7-10-18(17)30(4)23(20)32/h5-12,21H,1-4H3/b22-20-/t21-/m1/s1. The van der Waals surface area contributed by atoms with Crippen molar-refractivity contribution in [2.45, 2.75) is 32.9 Å². The molecule has 184 valence electrons. The molecule has 3 aromatic rings. The van der Waals surface area contributed by atoms with Crippen LogP contribution in [0, 0.1) is 0 Å². The third-order valence-electron chi connectivity index (χ3n) is 6.08. The van der Waals surface area contributed by atoms with Crippen LogP contribution in [0.25, 0.3) is 5.57 Å². The summed E-state index contributed by atoms with van der Waals surface area (Å²) in [6.07, 6.45) is -0.350. The fourth-order valence-corrected chi connectivity index (χ4v) is 6.11. The monoisotopic (exact) mass is 585 g/mol. The molecule has 0 saturated heterocycles. The molecule has 7 nitrogen and oxygen atoms in total. The Morgan fingerprint density at radius 2 is 1.86 bits per heavy atom. The molecular weight excluding hydrogens is 566 g/mol.